The first-order valence-corrected chi connectivity index (χ1v) is 7.28. The van der Waals surface area contributed by atoms with Crippen LogP contribution in [0.25, 0.3) is 0 Å². The van der Waals surface area contributed by atoms with E-state index in [1.54, 1.807) is 7.05 Å². The van der Waals surface area contributed by atoms with Crippen LogP contribution in [0.15, 0.2) is 30.3 Å². The van der Waals surface area contributed by atoms with Gasteiger partial charge in [0, 0.05) is 23.9 Å². The van der Waals surface area contributed by atoms with Gasteiger partial charge in [-0.3, -0.25) is 9.00 Å². The summed E-state index contributed by atoms with van der Waals surface area (Å²) in [5.74, 6) is -0.147. The summed E-state index contributed by atoms with van der Waals surface area (Å²) in [4.78, 5) is 11.2. The highest BCUT2D eigenvalue weighted by Crippen LogP contribution is 2.20. The lowest BCUT2D eigenvalue weighted by molar-refractivity contribution is -0.118. The monoisotopic (exact) mass is 268 g/mol. The minimum Gasteiger partial charge on any atom is -0.358 e. The van der Waals surface area contributed by atoms with Crippen LogP contribution in [0.3, 0.4) is 0 Å². The molecule has 1 rings (SSSR count). The highest BCUT2D eigenvalue weighted by atomic mass is 32.2. The molecule has 0 aliphatic heterocycles. The minimum atomic E-state index is -1.20. The van der Waals surface area contributed by atoms with E-state index in [4.69, 9.17) is 0 Å². The van der Waals surface area contributed by atoms with Gasteiger partial charge in [0.15, 0.2) is 0 Å². The Morgan fingerprint density at radius 3 is 2.39 bits per heavy atom. The van der Waals surface area contributed by atoms with Gasteiger partial charge < -0.3 is 10.6 Å². The summed E-state index contributed by atoms with van der Waals surface area (Å²) in [5, 5.41) is 5.53. The molecule has 0 saturated carbocycles. The van der Waals surface area contributed by atoms with Crippen LogP contribution in [0.4, 0.5) is 0 Å². The van der Waals surface area contributed by atoms with Crippen molar-refractivity contribution in [1.82, 2.24) is 10.6 Å². The van der Waals surface area contributed by atoms with Gasteiger partial charge in [-0.05, 0) is 19.5 Å². The van der Waals surface area contributed by atoms with Gasteiger partial charge in [0.05, 0.1) is 5.25 Å². The number of hydrogen-bond acceptors (Lipinski definition) is 3. The van der Waals surface area contributed by atoms with Crippen molar-refractivity contribution in [3.8, 4) is 0 Å². The van der Waals surface area contributed by atoms with Crippen molar-refractivity contribution in [2.45, 2.75) is 18.2 Å². The number of benzene rings is 1. The Balaban J connectivity index is 2.77. The molecule has 0 aliphatic carbocycles. The van der Waals surface area contributed by atoms with Crippen LogP contribution in [0.2, 0.25) is 0 Å². The van der Waals surface area contributed by atoms with Crippen LogP contribution in [-0.2, 0) is 15.6 Å². The maximum Gasteiger partial charge on any atom is 0.232 e. The van der Waals surface area contributed by atoms with Crippen LogP contribution in [0, 0.1) is 0 Å². The van der Waals surface area contributed by atoms with Gasteiger partial charge in [0.2, 0.25) is 5.91 Å². The summed E-state index contributed by atoms with van der Waals surface area (Å²) in [6.07, 6.45) is 0. The second kappa shape index (κ2) is 7.28. The lowest BCUT2D eigenvalue weighted by atomic mass is 10.0. The van der Waals surface area contributed by atoms with Crippen molar-refractivity contribution in [3.05, 3.63) is 35.9 Å². The highest BCUT2D eigenvalue weighted by molar-refractivity contribution is 7.86. The Morgan fingerprint density at radius 1 is 1.28 bits per heavy atom. The van der Waals surface area contributed by atoms with Gasteiger partial charge in [-0.1, -0.05) is 30.3 Å². The summed E-state index contributed by atoms with van der Waals surface area (Å²) in [6.45, 7) is 1.90. The Hall–Kier alpha value is -1.20. The van der Waals surface area contributed by atoms with Crippen LogP contribution in [0.1, 0.15) is 18.5 Å². The Bertz CT molecular complexity index is 409. The van der Waals surface area contributed by atoms with E-state index < -0.39 is 10.8 Å². The van der Waals surface area contributed by atoms with E-state index >= 15 is 0 Å². The maximum atomic E-state index is 12.1. The zero-order valence-electron chi connectivity index (χ0n) is 11.0. The SMILES string of the molecule is CNC(=O)CS(=O)C(C)C(NC)c1ccccc1. The predicted molar refractivity (Wildman–Crippen MR) is 74.8 cm³/mol. The quantitative estimate of drug-likeness (QED) is 0.803. The van der Waals surface area contributed by atoms with Crippen molar-refractivity contribution in [1.29, 1.82) is 0 Å². The van der Waals surface area contributed by atoms with E-state index in [-0.39, 0.29) is 23.0 Å². The molecule has 3 atom stereocenters. The molecule has 4 nitrogen and oxygen atoms in total. The predicted octanol–water partition coefficient (Wildman–Crippen LogP) is 0.830. The molecule has 5 heteroatoms. The summed E-state index contributed by atoms with van der Waals surface area (Å²) < 4.78 is 12.1. The number of rotatable bonds is 6. The topological polar surface area (TPSA) is 58.2 Å². The van der Waals surface area contributed by atoms with Gasteiger partial charge in [0.25, 0.3) is 0 Å². The van der Waals surface area contributed by atoms with Gasteiger partial charge in [-0.2, -0.15) is 0 Å². The van der Waals surface area contributed by atoms with E-state index in [9.17, 15) is 9.00 Å². The molecular weight excluding hydrogens is 248 g/mol. The van der Waals surface area contributed by atoms with Gasteiger partial charge >= 0.3 is 0 Å². The number of carbonyl (C=O) groups excluding carboxylic acids is 1. The molecule has 0 heterocycles. The van der Waals surface area contributed by atoms with Crippen molar-refractivity contribution in [2.75, 3.05) is 19.8 Å². The lowest BCUT2D eigenvalue weighted by Gasteiger charge is -2.23. The van der Waals surface area contributed by atoms with Crippen molar-refractivity contribution < 1.29 is 9.00 Å². The molecular formula is C13H20N2O2S. The zero-order chi connectivity index (χ0) is 13.5. The van der Waals surface area contributed by atoms with E-state index in [0.717, 1.165) is 5.56 Å². The smallest absolute Gasteiger partial charge is 0.232 e. The molecule has 0 aliphatic rings. The molecule has 0 bridgehead atoms. The maximum absolute atomic E-state index is 12.1. The molecule has 1 amide bonds. The second-order valence-corrected chi connectivity index (χ2v) is 5.87. The molecule has 1 aromatic carbocycles. The molecule has 2 N–H and O–H groups in total. The minimum absolute atomic E-state index is 0.0170. The van der Waals surface area contributed by atoms with Crippen LogP contribution < -0.4 is 10.6 Å². The fraction of sp³-hybridized carbons (Fsp3) is 0.462. The third kappa shape index (κ3) is 3.92. The standard InChI is InChI=1S/C13H20N2O2S/c1-10(18(17)9-12(16)14-2)13(15-3)11-7-5-4-6-8-11/h4-8,10,13,15H,9H2,1-3H3,(H,14,16). The fourth-order valence-corrected chi connectivity index (χ4v) is 3.08. The highest BCUT2D eigenvalue weighted by Gasteiger charge is 2.24. The molecule has 1 aromatic rings. The summed E-state index contributed by atoms with van der Waals surface area (Å²) in [5.41, 5.74) is 1.08. The van der Waals surface area contributed by atoms with Gasteiger partial charge in [-0.25, -0.2) is 0 Å². The van der Waals surface area contributed by atoms with Crippen LogP contribution in [0.5, 0.6) is 0 Å². The average molecular weight is 268 g/mol. The van der Waals surface area contributed by atoms with Crippen molar-refractivity contribution >= 4 is 16.7 Å². The Kier molecular flexibility index (Phi) is 6.01. The van der Waals surface area contributed by atoms with Gasteiger partial charge in [-0.15, -0.1) is 0 Å². The third-order valence-electron chi connectivity index (χ3n) is 2.91. The molecule has 0 aromatic heterocycles. The normalized spacial score (nSPS) is 15.7. The lowest BCUT2D eigenvalue weighted by Crippen LogP contribution is -2.35. The summed E-state index contributed by atoms with van der Waals surface area (Å²) in [6, 6.07) is 9.82. The van der Waals surface area contributed by atoms with Crippen LogP contribution >= 0.6 is 0 Å². The molecule has 0 spiro atoms. The second-order valence-electron chi connectivity index (χ2n) is 4.08. The van der Waals surface area contributed by atoms with E-state index in [1.165, 1.54) is 0 Å². The zero-order valence-corrected chi connectivity index (χ0v) is 11.8. The Labute approximate surface area is 111 Å². The Morgan fingerprint density at radius 2 is 1.89 bits per heavy atom. The van der Waals surface area contributed by atoms with Gasteiger partial charge in [0.1, 0.15) is 5.75 Å². The molecule has 3 unspecified atom stereocenters. The number of nitrogens with one attached hydrogen (secondary N) is 2. The van der Waals surface area contributed by atoms with Crippen molar-refractivity contribution in [2.24, 2.45) is 0 Å². The fourth-order valence-electron chi connectivity index (χ4n) is 1.82. The molecule has 18 heavy (non-hydrogen) atoms. The summed E-state index contributed by atoms with van der Waals surface area (Å²) >= 11 is 0. The summed E-state index contributed by atoms with van der Waals surface area (Å²) in [7, 11) is 2.19. The first-order valence-electron chi connectivity index (χ1n) is 5.90. The third-order valence-corrected chi connectivity index (χ3v) is 4.55. The molecule has 100 valence electrons. The van der Waals surface area contributed by atoms with Crippen LogP contribution in [-0.4, -0.2) is 35.2 Å². The average Bonchev–Trinajstić information content (AvgIpc) is 2.40. The van der Waals surface area contributed by atoms with E-state index in [0.29, 0.717) is 0 Å². The number of amides is 1. The number of hydrogen-bond donors (Lipinski definition) is 2. The first kappa shape index (κ1) is 14.9. The van der Waals surface area contributed by atoms with E-state index in [1.807, 2.05) is 44.3 Å². The molecule has 0 saturated heterocycles. The van der Waals surface area contributed by atoms with Crippen molar-refractivity contribution in [3.63, 3.8) is 0 Å². The molecule has 0 radical (unpaired) electrons. The van der Waals surface area contributed by atoms with E-state index in [2.05, 4.69) is 10.6 Å². The largest absolute Gasteiger partial charge is 0.358 e. The first-order chi connectivity index (χ1) is 8.60. The number of carbonyl (C=O) groups is 1. The molecule has 0 fully saturated rings.